The van der Waals surface area contributed by atoms with Crippen LogP contribution in [0.15, 0.2) is 30.6 Å². The molecule has 1 amide bonds. The van der Waals surface area contributed by atoms with E-state index in [2.05, 4.69) is 22.1 Å². The van der Waals surface area contributed by atoms with Gasteiger partial charge >= 0.3 is 0 Å². The number of aryl methyl sites for hydroxylation is 1. The third kappa shape index (κ3) is 4.23. The van der Waals surface area contributed by atoms with Crippen LogP contribution in [0.25, 0.3) is 16.7 Å². The van der Waals surface area contributed by atoms with Gasteiger partial charge < -0.3 is 19.9 Å². The first-order chi connectivity index (χ1) is 15.5. The van der Waals surface area contributed by atoms with Crippen molar-refractivity contribution in [2.75, 3.05) is 32.2 Å². The van der Waals surface area contributed by atoms with Gasteiger partial charge in [-0.1, -0.05) is 11.8 Å². The van der Waals surface area contributed by atoms with Crippen molar-refractivity contribution in [3.05, 3.63) is 47.4 Å². The summed E-state index contributed by atoms with van der Waals surface area (Å²) in [5.74, 6) is 7.04. The molecule has 1 saturated heterocycles. The number of ether oxygens (including phenoxy) is 2. The van der Waals surface area contributed by atoms with Crippen molar-refractivity contribution in [1.82, 2.24) is 14.5 Å². The van der Waals surface area contributed by atoms with E-state index in [0.717, 1.165) is 34.1 Å². The quantitative estimate of drug-likeness (QED) is 0.599. The van der Waals surface area contributed by atoms with Crippen molar-refractivity contribution < 1.29 is 19.4 Å². The second-order valence-corrected chi connectivity index (χ2v) is 7.84. The van der Waals surface area contributed by atoms with E-state index >= 15 is 0 Å². The summed E-state index contributed by atoms with van der Waals surface area (Å²) in [7, 11) is 1.68. The van der Waals surface area contributed by atoms with Gasteiger partial charge in [0.05, 0.1) is 30.0 Å². The minimum Gasteiger partial charge on any atom is -0.395 e. The number of nitrogens with zero attached hydrogens (tertiary/aromatic N) is 3. The fraction of sp³-hybridized carbons (Fsp3) is 0.375. The molecular formula is C24H26N4O4. The number of carbonyl (C=O) groups is 1. The molecule has 0 unspecified atom stereocenters. The molecule has 0 radical (unpaired) electrons. The third-order valence-corrected chi connectivity index (χ3v) is 5.50. The summed E-state index contributed by atoms with van der Waals surface area (Å²) in [6, 6.07) is 5.83. The van der Waals surface area contributed by atoms with Crippen LogP contribution < -0.4 is 5.32 Å². The zero-order chi connectivity index (χ0) is 22.7. The highest BCUT2D eigenvalue weighted by atomic mass is 16.5. The number of aromatic nitrogens is 3. The Balaban J connectivity index is 1.89. The van der Waals surface area contributed by atoms with Crippen LogP contribution in [-0.4, -0.2) is 52.5 Å². The summed E-state index contributed by atoms with van der Waals surface area (Å²) >= 11 is 0. The van der Waals surface area contributed by atoms with Gasteiger partial charge in [-0.05, 0) is 24.6 Å². The number of carbonyl (C=O) groups excluding carboxylic acids is 1. The summed E-state index contributed by atoms with van der Waals surface area (Å²) < 4.78 is 13.4. The highest BCUT2D eigenvalue weighted by molar-refractivity contribution is 5.93. The van der Waals surface area contributed by atoms with Gasteiger partial charge in [-0.25, -0.2) is 9.97 Å². The average molecular weight is 434 g/mol. The van der Waals surface area contributed by atoms with E-state index < -0.39 is 5.60 Å². The van der Waals surface area contributed by atoms with Crippen molar-refractivity contribution in [2.45, 2.75) is 32.3 Å². The van der Waals surface area contributed by atoms with Crippen LogP contribution in [-0.2, 0) is 19.9 Å². The molecule has 4 rings (SSSR count). The first-order valence-corrected chi connectivity index (χ1v) is 10.5. The maximum absolute atomic E-state index is 11.5. The highest BCUT2D eigenvalue weighted by Gasteiger charge is 2.38. The number of nitrogens with one attached hydrogen (secondary N) is 1. The van der Waals surface area contributed by atoms with Gasteiger partial charge in [-0.15, -0.1) is 0 Å². The maximum atomic E-state index is 11.5. The van der Waals surface area contributed by atoms with E-state index in [1.165, 1.54) is 6.92 Å². The number of anilines is 1. The molecule has 0 aromatic carbocycles. The Morgan fingerprint density at radius 2 is 2.25 bits per heavy atom. The molecule has 1 atom stereocenters. The SMILES string of the molecule is CO[C@@]1(c2cc(C)cc(-n3cc(C#CCCO)c4cnc(NC(C)=O)cc43)n2)CCOC1. The lowest BCUT2D eigenvalue weighted by Crippen LogP contribution is -2.30. The zero-order valence-corrected chi connectivity index (χ0v) is 18.4. The average Bonchev–Trinajstić information content (AvgIpc) is 3.39. The summed E-state index contributed by atoms with van der Waals surface area (Å²) in [5, 5.41) is 12.6. The molecule has 8 nitrogen and oxygen atoms in total. The Morgan fingerprint density at radius 1 is 1.41 bits per heavy atom. The van der Waals surface area contributed by atoms with Crippen molar-refractivity contribution >= 4 is 22.6 Å². The molecule has 2 N–H and O–H groups in total. The molecule has 166 valence electrons. The van der Waals surface area contributed by atoms with Crippen molar-refractivity contribution in [3.8, 4) is 17.7 Å². The molecule has 1 fully saturated rings. The summed E-state index contributed by atoms with van der Waals surface area (Å²) in [4.78, 5) is 20.8. The first kappa shape index (κ1) is 22.0. The van der Waals surface area contributed by atoms with E-state index in [0.29, 0.717) is 31.3 Å². The summed E-state index contributed by atoms with van der Waals surface area (Å²) in [6.07, 6.45) is 4.72. The Morgan fingerprint density at radius 3 is 2.94 bits per heavy atom. The molecule has 1 aliphatic heterocycles. The molecule has 4 heterocycles. The second kappa shape index (κ2) is 9.09. The number of amides is 1. The molecule has 0 spiro atoms. The minimum absolute atomic E-state index is 0.000533. The maximum Gasteiger partial charge on any atom is 0.222 e. The fourth-order valence-electron chi connectivity index (χ4n) is 3.89. The van der Waals surface area contributed by atoms with Crippen LogP contribution in [0.1, 0.15) is 36.6 Å². The second-order valence-electron chi connectivity index (χ2n) is 7.84. The first-order valence-electron chi connectivity index (χ1n) is 10.5. The summed E-state index contributed by atoms with van der Waals surface area (Å²) in [5.41, 5.74) is 2.87. The lowest BCUT2D eigenvalue weighted by Gasteiger charge is -2.26. The number of rotatable bonds is 5. The number of aliphatic hydroxyl groups is 1. The van der Waals surface area contributed by atoms with Crippen LogP contribution in [0.2, 0.25) is 0 Å². The standard InChI is InChI=1S/C24H26N4O4/c1-16-10-21(24(31-3)7-9-32-15-24)27-23(11-16)28-14-18(6-4-5-8-29)19-13-25-22(12-20(19)28)26-17(2)30/h10-14,29H,5,7-9,15H2,1-3H3,(H,25,26,30)/t24-/m0/s1. The van der Waals surface area contributed by atoms with Crippen LogP contribution in [0, 0.1) is 18.8 Å². The number of hydrogen-bond donors (Lipinski definition) is 2. The smallest absolute Gasteiger partial charge is 0.222 e. The van der Waals surface area contributed by atoms with Gasteiger partial charge in [0, 0.05) is 57.3 Å². The van der Waals surface area contributed by atoms with Gasteiger partial charge in [-0.3, -0.25) is 9.36 Å². The Kier molecular flexibility index (Phi) is 6.24. The van der Waals surface area contributed by atoms with Gasteiger partial charge in [0.15, 0.2) is 0 Å². The lowest BCUT2D eigenvalue weighted by molar-refractivity contribution is -0.114. The predicted molar refractivity (Wildman–Crippen MR) is 121 cm³/mol. The molecule has 0 bridgehead atoms. The van der Waals surface area contributed by atoms with Crippen LogP contribution >= 0.6 is 0 Å². The molecule has 3 aromatic rings. The monoisotopic (exact) mass is 434 g/mol. The van der Waals surface area contributed by atoms with Crippen LogP contribution in [0.4, 0.5) is 5.82 Å². The third-order valence-electron chi connectivity index (χ3n) is 5.50. The number of aliphatic hydroxyl groups excluding tert-OH is 1. The van der Waals surface area contributed by atoms with Crippen LogP contribution in [0.5, 0.6) is 0 Å². The highest BCUT2D eigenvalue weighted by Crippen LogP contribution is 2.34. The number of fused-ring (bicyclic) bond motifs is 1. The molecular weight excluding hydrogens is 408 g/mol. The zero-order valence-electron chi connectivity index (χ0n) is 18.4. The van der Waals surface area contributed by atoms with E-state index in [1.54, 1.807) is 13.3 Å². The van der Waals surface area contributed by atoms with E-state index in [4.69, 9.17) is 19.6 Å². The summed E-state index contributed by atoms with van der Waals surface area (Å²) in [6.45, 7) is 4.55. The lowest BCUT2D eigenvalue weighted by atomic mass is 9.97. The molecule has 8 heteroatoms. The Bertz CT molecular complexity index is 1220. The van der Waals surface area contributed by atoms with Gasteiger partial charge in [-0.2, -0.15) is 0 Å². The molecule has 3 aromatic heterocycles. The number of hydrogen-bond acceptors (Lipinski definition) is 6. The topological polar surface area (TPSA) is 98.5 Å². The Hall–Kier alpha value is -3.25. The Labute approximate surface area is 186 Å². The largest absolute Gasteiger partial charge is 0.395 e. The van der Waals surface area contributed by atoms with E-state index in [9.17, 15) is 4.79 Å². The van der Waals surface area contributed by atoms with Gasteiger partial charge in [0.2, 0.25) is 5.91 Å². The predicted octanol–water partition coefficient (Wildman–Crippen LogP) is 2.68. The van der Waals surface area contributed by atoms with E-state index in [1.807, 2.05) is 35.9 Å². The number of methoxy groups -OCH3 is 1. The van der Waals surface area contributed by atoms with Gasteiger partial charge in [0.25, 0.3) is 0 Å². The molecule has 0 aliphatic carbocycles. The molecule has 32 heavy (non-hydrogen) atoms. The van der Waals surface area contributed by atoms with Crippen molar-refractivity contribution in [2.24, 2.45) is 0 Å². The number of pyridine rings is 2. The minimum atomic E-state index is -0.573. The van der Waals surface area contributed by atoms with Crippen molar-refractivity contribution in [3.63, 3.8) is 0 Å². The van der Waals surface area contributed by atoms with Crippen LogP contribution in [0.3, 0.4) is 0 Å². The normalized spacial score (nSPS) is 17.9. The fourth-order valence-corrected chi connectivity index (χ4v) is 3.89. The van der Waals surface area contributed by atoms with Gasteiger partial charge in [0.1, 0.15) is 17.2 Å². The molecule has 0 saturated carbocycles. The van der Waals surface area contributed by atoms with E-state index in [-0.39, 0.29) is 12.5 Å². The molecule has 1 aliphatic rings. The van der Waals surface area contributed by atoms with Crippen molar-refractivity contribution in [1.29, 1.82) is 0 Å².